The second-order valence-electron chi connectivity index (χ2n) is 4.20. The third-order valence-electron chi connectivity index (χ3n) is 2.82. The number of halogens is 1. The first-order valence-electron chi connectivity index (χ1n) is 6.17. The summed E-state index contributed by atoms with van der Waals surface area (Å²) in [5.74, 6) is 0.580. The van der Waals surface area contributed by atoms with Crippen LogP contribution in [0, 0.1) is 0 Å². The lowest BCUT2D eigenvalue weighted by molar-refractivity contribution is 0.191. The Morgan fingerprint density at radius 3 is 2.42 bits per heavy atom. The van der Waals surface area contributed by atoms with Crippen LogP contribution < -0.4 is 5.32 Å². The van der Waals surface area contributed by atoms with E-state index in [-0.39, 0.29) is 11.8 Å². The fourth-order valence-electron chi connectivity index (χ4n) is 1.61. The molecule has 0 radical (unpaired) electrons. The normalized spacial score (nSPS) is 13.2. The van der Waals surface area contributed by atoms with Gasteiger partial charge in [-0.05, 0) is 30.7 Å². The van der Waals surface area contributed by atoms with Crippen LogP contribution in [0.25, 0.3) is 0 Å². The summed E-state index contributed by atoms with van der Waals surface area (Å²) in [6.45, 7) is 2.27. The highest BCUT2D eigenvalue weighted by molar-refractivity contribution is 7.91. The molecule has 108 valence electrons. The van der Waals surface area contributed by atoms with Crippen molar-refractivity contribution in [2.75, 3.05) is 30.7 Å². The van der Waals surface area contributed by atoms with Crippen LogP contribution in [0.15, 0.2) is 29.2 Å². The average molecular weight is 306 g/mol. The highest BCUT2D eigenvalue weighted by Crippen LogP contribution is 2.16. The average Bonchev–Trinajstić information content (AvgIpc) is 2.44. The van der Waals surface area contributed by atoms with Crippen molar-refractivity contribution in [3.63, 3.8) is 0 Å². The quantitative estimate of drug-likeness (QED) is 0.750. The number of methoxy groups -OCH3 is 1. The van der Waals surface area contributed by atoms with Crippen LogP contribution in [0.5, 0.6) is 0 Å². The molecule has 0 aliphatic heterocycles. The van der Waals surface area contributed by atoms with Crippen molar-refractivity contribution >= 4 is 27.1 Å². The molecule has 1 unspecified atom stereocenters. The van der Waals surface area contributed by atoms with Gasteiger partial charge >= 0.3 is 0 Å². The second-order valence-corrected chi connectivity index (χ2v) is 6.79. The van der Waals surface area contributed by atoms with Gasteiger partial charge in [0.25, 0.3) is 0 Å². The summed E-state index contributed by atoms with van der Waals surface area (Å²) in [5, 5.41) is 3.25. The molecule has 6 heteroatoms. The largest absolute Gasteiger partial charge is 0.385 e. The number of hydrogen-bond acceptors (Lipinski definition) is 4. The molecule has 1 aromatic rings. The van der Waals surface area contributed by atoms with E-state index in [1.165, 1.54) is 0 Å². The van der Waals surface area contributed by atoms with Gasteiger partial charge in [0.15, 0.2) is 9.84 Å². The van der Waals surface area contributed by atoms with E-state index in [9.17, 15) is 8.42 Å². The smallest absolute Gasteiger partial charge is 0.178 e. The molecule has 1 aromatic carbocycles. The van der Waals surface area contributed by atoms with Gasteiger partial charge in [0.1, 0.15) is 0 Å². The number of alkyl halides is 1. The van der Waals surface area contributed by atoms with E-state index < -0.39 is 9.84 Å². The van der Waals surface area contributed by atoms with E-state index in [4.69, 9.17) is 16.3 Å². The number of ether oxygens (including phenoxy) is 1. The van der Waals surface area contributed by atoms with Crippen molar-refractivity contribution in [1.82, 2.24) is 0 Å². The van der Waals surface area contributed by atoms with Crippen LogP contribution in [0.2, 0.25) is 0 Å². The summed E-state index contributed by atoms with van der Waals surface area (Å²) >= 11 is 5.87. The van der Waals surface area contributed by atoms with Crippen molar-refractivity contribution in [3.8, 4) is 0 Å². The monoisotopic (exact) mass is 305 g/mol. The number of sulfone groups is 1. The molecule has 0 aliphatic rings. The number of anilines is 1. The molecular formula is C13H20ClNO3S. The number of hydrogen-bond donors (Lipinski definition) is 1. The van der Waals surface area contributed by atoms with Gasteiger partial charge in [-0.25, -0.2) is 8.42 Å². The fourth-order valence-corrected chi connectivity index (χ4v) is 2.72. The Morgan fingerprint density at radius 2 is 1.95 bits per heavy atom. The van der Waals surface area contributed by atoms with Gasteiger partial charge in [-0.15, -0.1) is 11.6 Å². The predicted molar refractivity (Wildman–Crippen MR) is 78.8 cm³/mol. The van der Waals surface area contributed by atoms with Crippen LogP contribution >= 0.6 is 11.6 Å². The molecular weight excluding hydrogens is 286 g/mol. The molecule has 0 saturated carbocycles. The first-order chi connectivity index (χ1) is 9.03. The van der Waals surface area contributed by atoms with E-state index in [1.807, 2.05) is 0 Å². The zero-order chi connectivity index (χ0) is 14.3. The zero-order valence-electron chi connectivity index (χ0n) is 11.2. The van der Waals surface area contributed by atoms with E-state index >= 15 is 0 Å². The van der Waals surface area contributed by atoms with E-state index in [0.717, 1.165) is 12.1 Å². The molecule has 0 spiro atoms. The maximum absolute atomic E-state index is 11.7. The molecule has 0 amide bonds. The Kier molecular flexibility index (Phi) is 6.62. The predicted octanol–water partition coefficient (Wildman–Crippen LogP) is 2.54. The van der Waals surface area contributed by atoms with Crippen molar-refractivity contribution in [3.05, 3.63) is 24.3 Å². The van der Waals surface area contributed by atoms with Gasteiger partial charge < -0.3 is 10.1 Å². The Hall–Kier alpha value is -0.780. The van der Waals surface area contributed by atoms with Gasteiger partial charge in [0, 0.05) is 31.3 Å². The minimum Gasteiger partial charge on any atom is -0.385 e. The maximum Gasteiger partial charge on any atom is 0.178 e. The van der Waals surface area contributed by atoms with Crippen LogP contribution in [0.4, 0.5) is 5.69 Å². The van der Waals surface area contributed by atoms with Gasteiger partial charge in [-0.3, -0.25) is 0 Å². The van der Waals surface area contributed by atoms with E-state index in [2.05, 4.69) is 5.32 Å². The van der Waals surface area contributed by atoms with E-state index in [1.54, 1.807) is 38.3 Å². The summed E-state index contributed by atoms with van der Waals surface area (Å²) < 4.78 is 28.4. The van der Waals surface area contributed by atoms with Crippen molar-refractivity contribution in [2.45, 2.75) is 24.3 Å². The standard InChI is InChI=1S/C13H20ClNO3S/c1-3-19(16,17)13-6-4-11(5-7-13)15-12(10-14)8-9-18-2/h4-7,12,15H,3,8-10H2,1-2H3. The van der Waals surface area contributed by atoms with Gasteiger partial charge in [0.05, 0.1) is 10.6 Å². The Labute approximate surface area is 120 Å². The summed E-state index contributed by atoms with van der Waals surface area (Å²) in [5.41, 5.74) is 0.858. The molecule has 1 atom stereocenters. The number of nitrogens with one attached hydrogen (secondary N) is 1. The van der Waals surface area contributed by atoms with Crippen molar-refractivity contribution < 1.29 is 13.2 Å². The molecule has 0 aliphatic carbocycles. The lowest BCUT2D eigenvalue weighted by Crippen LogP contribution is -2.23. The Bertz CT molecular complexity index is 473. The molecule has 0 aromatic heterocycles. The highest BCUT2D eigenvalue weighted by atomic mass is 35.5. The molecule has 0 fully saturated rings. The van der Waals surface area contributed by atoms with Crippen molar-refractivity contribution in [1.29, 1.82) is 0 Å². The highest BCUT2D eigenvalue weighted by Gasteiger charge is 2.12. The topological polar surface area (TPSA) is 55.4 Å². The summed E-state index contributed by atoms with van der Waals surface area (Å²) in [6.07, 6.45) is 0.801. The Morgan fingerprint density at radius 1 is 1.32 bits per heavy atom. The molecule has 0 bridgehead atoms. The van der Waals surface area contributed by atoms with Crippen LogP contribution in [0.1, 0.15) is 13.3 Å². The van der Waals surface area contributed by atoms with Gasteiger partial charge in [-0.2, -0.15) is 0 Å². The van der Waals surface area contributed by atoms with Gasteiger partial charge in [0.2, 0.25) is 0 Å². The second kappa shape index (κ2) is 7.72. The number of rotatable bonds is 8. The third-order valence-corrected chi connectivity index (χ3v) is 4.94. The molecule has 0 heterocycles. The van der Waals surface area contributed by atoms with Crippen LogP contribution in [-0.2, 0) is 14.6 Å². The van der Waals surface area contributed by atoms with Crippen LogP contribution in [-0.4, -0.2) is 39.8 Å². The number of benzene rings is 1. The zero-order valence-corrected chi connectivity index (χ0v) is 12.8. The molecule has 19 heavy (non-hydrogen) atoms. The summed E-state index contributed by atoms with van der Waals surface area (Å²) in [4.78, 5) is 0.347. The van der Waals surface area contributed by atoms with Crippen LogP contribution in [0.3, 0.4) is 0 Å². The van der Waals surface area contributed by atoms with E-state index in [0.29, 0.717) is 17.4 Å². The molecule has 1 N–H and O–H groups in total. The lowest BCUT2D eigenvalue weighted by atomic mass is 10.2. The third kappa shape index (κ3) is 5.01. The summed E-state index contributed by atoms with van der Waals surface area (Å²) in [7, 11) is -1.49. The van der Waals surface area contributed by atoms with Crippen molar-refractivity contribution in [2.24, 2.45) is 0 Å². The lowest BCUT2D eigenvalue weighted by Gasteiger charge is -2.17. The van der Waals surface area contributed by atoms with Gasteiger partial charge in [-0.1, -0.05) is 6.92 Å². The Balaban J connectivity index is 2.71. The first kappa shape index (κ1) is 16.3. The fraction of sp³-hybridized carbons (Fsp3) is 0.538. The molecule has 4 nitrogen and oxygen atoms in total. The summed E-state index contributed by atoms with van der Waals surface area (Å²) in [6, 6.07) is 6.85. The molecule has 0 saturated heterocycles. The maximum atomic E-state index is 11.7. The minimum absolute atomic E-state index is 0.107. The minimum atomic E-state index is -3.14. The molecule has 1 rings (SSSR count). The SMILES string of the molecule is CCS(=O)(=O)c1ccc(NC(CCl)CCOC)cc1. The first-order valence-corrected chi connectivity index (χ1v) is 8.36.